The highest BCUT2D eigenvalue weighted by molar-refractivity contribution is 5.47. The lowest BCUT2D eigenvalue weighted by Crippen LogP contribution is -2.34. The van der Waals surface area contributed by atoms with E-state index in [2.05, 4.69) is 43.3 Å². The maximum absolute atomic E-state index is 6.71. The summed E-state index contributed by atoms with van der Waals surface area (Å²) in [5, 5.41) is 0. The molecule has 0 aromatic heterocycles. The van der Waals surface area contributed by atoms with Crippen LogP contribution >= 0.6 is 0 Å². The number of hydrogen-bond acceptors (Lipinski definition) is 7. The summed E-state index contributed by atoms with van der Waals surface area (Å²) < 4.78 is 40.0. The Hall–Kier alpha value is -2.62. The molecule has 0 aliphatic heterocycles. The lowest BCUT2D eigenvalue weighted by Gasteiger charge is -2.36. The molecule has 0 amide bonds. The predicted octanol–water partition coefficient (Wildman–Crippen LogP) is 5.50. The number of rotatable bonds is 24. The first kappa shape index (κ1) is 32.9. The van der Waals surface area contributed by atoms with Crippen molar-refractivity contribution in [1.82, 2.24) is 0 Å². The van der Waals surface area contributed by atoms with E-state index >= 15 is 0 Å². The fraction of sp³-hybridized carbons (Fsp3) is 0.471. The fourth-order valence-electron chi connectivity index (χ4n) is 4.37. The highest BCUT2D eigenvalue weighted by atomic mass is 16.6. The van der Waals surface area contributed by atoms with Crippen LogP contribution in [0.15, 0.2) is 91.0 Å². The standard InChI is InChI=1S/C34H46O7/c1-2-18-35-19-20-36-21-22-37-23-24-38-25-26-39-27-28-40-29-30-41-34(31-12-6-3-7-13-31,32-14-8-4-9-15-32)33-16-10-5-11-17-33/h3-17H,2,18-30H2,1H3. The summed E-state index contributed by atoms with van der Waals surface area (Å²) in [5.41, 5.74) is 2.49. The Morgan fingerprint density at radius 2 is 0.634 bits per heavy atom. The molecule has 3 aromatic carbocycles. The Morgan fingerprint density at radius 3 is 0.927 bits per heavy atom. The van der Waals surface area contributed by atoms with Gasteiger partial charge < -0.3 is 33.2 Å². The summed E-state index contributed by atoms with van der Waals surface area (Å²) in [6.07, 6.45) is 1.03. The highest BCUT2D eigenvalue weighted by Crippen LogP contribution is 2.40. The first-order valence-electron chi connectivity index (χ1n) is 14.6. The molecule has 3 aromatic rings. The van der Waals surface area contributed by atoms with Crippen molar-refractivity contribution < 1.29 is 33.2 Å². The monoisotopic (exact) mass is 566 g/mol. The largest absolute Gasteiger partial charge is 0.379 e. The van der Waals surface area contributed by atoms with Crippen molar-refractivity contribution in [3.8, 4) is 0 Å². The molecule has 0 atom stereocenters. The molecule has 0 N–H and O–H groups in total. The first-order chi connectivity index (χ1) is 20.4. The van der Waals surface area contributed by atoms with E-state index in [1.165, 1.54) is 0 Å². The Morgan fingerprint density at radius 1 is 0.366 bits per heavy atom. The predicted molar refractivity (Wildman–Crippen MR) is 160 cm³/mol. The zero-order valence-electron chi connectivity index (χ0n) is 24.4. The van der Waals surface area contributed by atoms with E-state index in [9.17, 15) is 0 Å². The second kappa shape index (κ2) is 21.1. The Labute approximate surface area is 245 Å². The molecular weight excluding hydrogens is 520 g/mol. The zero-order valence-corrected chi connectivity index (χ0v) is 24.4. The summed E-state index contributed by atoms with van der Waals surface area (Å²) in [6.45, 7) is 9.20. The van der Waals surface area contributed by atoms with Crippen LogP contribution in [-0.4, -0.2) is 85.9 Å². The maximum atomic E-state index is 6.71. The maximum Gasteiger partial charge on any atom is 0.143 e. The minimum Gasteiger partial charge on any atom is -0.379 e. The number of benzene rings is 3. The average Bonchev–Trinajstić information content (AvgIpc) is 3.03. The van der Waals surface area contributed by atoms with E-state index in [-0.39, 0.29) is 0 Å². The van der Waals surface area contributed by atoms with Gasteiger partial charge in [-0.05, 0) is 23.1 Å². The Kier molecular flexibility index (Phi) is 17.0. The van der Waals surface area contributed by atoms with Crippen molar-refractivity contribution in [3.63, 3.8) is 0 Å². The van der Waals surface area contributed by atoms with Crippen LogP contribution in [-0.2, 0) is 38.8 Å². The minimum atomic E-state index is -0.735. The fourth-order valence-corrected chi connectivity index (χ4v) is 4.37. The molecule has 0 radical (unpaired) electrons. The van der Waals surface area contributed by atoms with Gasteiger partial charge >= 0.3 is 0 Å². The van der Waals surface area contributed by atoms with Crippen LogP contribution in [0.4, 0.5) is 0 Å². The average molecular weight is 567 g/mol. The van der Waals surface area contributed by atoms with Crippen LogP contribution in [0.5, 0.6) is 0 Å². The lowest BCUT2D eigenvalue weighted by molar-refractivity contribution is -0.0395. The molecule has 0 spiro atoms. The van der Waals surface area contributed by atoms with Gasteiger partial charge in [-0.3, -0.25) is 0 Å². The Bertz CT molecular complexity index is 905. The van der Waals surface area contributed by atoms with Crippen LogP contribution in [0, 0.1) is 0 Å². The van der Waals surface area contributed by atoms with Crippen LogP contribution < -0.4 is 0 Å². The third-order valence-electron chi connectivity index (χ3n) is 6.30. The molecule has 0 saturated carbocycles. The summed E-state index contributed by atoms with van der Waals surface area (Å²) >= 11 is 0. The van der Waals surface area contributed by atoms with Gasteiger partial charge in [-0.1, -0.05) is 97.9 Å². The summed E-state index contributed by atoms with van der Waals surface area (Å²) in [4.78, 5) is 0. The van der Waals surface area contributed by atoms with Gasteiger partial charge in [0.15, 0.2) is 0 Å². The van der Waals surface area contributed by atoms with E-state index in [0.29, 0.717) is 79.3 Å². The van der Waals surface area contributed by atoms with E-state index in [1.54, 1.807) is 0 Å². The molecule has 224 valence electrons. The van der Waals surface area contributed by atoms with E-state index < -0.39 is 5.60 Å². The van der Waals surface area contributed by atoms with E-state index in [0.717, 1.165) is 29.7 Å². The summed E-state index contributed by atoms with van der Waals surface area (Å²) in [7, 11) is 0. The SMILES string of the molecule is CCCOCCOCCOCCOCCOCCOCCOC(c1ccccc1)(c1ccccc1)c1ccccc1. The molecule has 0 bridgehead atoms. The van der Waals surface area contributed by atoms with Gasteiger partial charge in [0.25, 0.3) is 0 Å². The highest BCUT2D eigenvalue weighted by Gasteiger charge is 2.37. The van der Waals surface area contributed by atoms with Crippen LogP contribution in [0.2, 0.25) is 0 Å². The van der Waals surface area contributed by atoms with Crippen LogP contribution in [0.25, 0.3) is 0 Å². The topological polar surface area (TPSA) is 64.6 Å². The molecule has 0 unspecified atom stereocenters. The van der Waals surface area contributed by atoms with Crippen molar-refractivity contribution in [2.24, 2.45) is 0 Å². The molecule has 0 aliphatic rings. The van der Waals surface area contributed by atoms with Gasteiger partial charge in [0, 0.05) is 6.61 Å². The van der Waals surface area contributed by atoms with Crippen LogP contribution in [0.3, 0.4) is 0 Å². The molecule has 0 aliphatic carbocycles. The third-order valence-corrected chi connectivity index (χ3v) is 6.30. The molecule has 41 heavy (non-hydrogen) atoms. The minimum absolute atomic E-state index is 0.430. The Balaban J connectivity index is 1.29. The summed E-state index contributed by atoms with van der Waals surface area (Å²) in [5.74, 6) is 0. The normalized spacial score (nSPS) is 11.6. The van der Waals surface area contributed by atoms with Crippen molar-refractivity contribution in [1.29, 1.82) is 0 Å². The third kappa shape index (κ3) is 12.0. The quantitative estimate of drug-likeness (QED) is 0.105. The van der Waals surface area contributed by atoms with Gasteiger partial charge in [-0.25, -0.2) is 0 Å². The molecule has 3 rings (SSSR count). The number of hydrogen-bond donors (Lipinski definition) is 0. The molecule has 7 nitrogen and oxygen atoms in total. The molecular formula is C34H46O7. The molecule has 0 heterocycles. The second-order valence-corrected chi connectivity index (χ2v) is 9.30. The van der Waals surface area contributed by atoms with Crippen molar-refractivity contribution in [2.75, 3.05) is 85.9 Å². The van der Waals surface area contributed by atoms with Gasteiger partial charge in [-0.15, -0.1) is 0 Å². The van der Waals surface area contributed by atoms with Gasteiger partial charge in [-0.2, -0.15) is 0 Å². The van der Waals surface area contributed by atoms with Crippen molar-refractivity contribution in [3.05, 3.63) is 108 Å². The second-order valence-electron chi connectivity index (χ2n) is 9.30. The van der Waals surface area contributed by atoms with E-state index in [1.807, 2.05) is 54.6 Å². The van der Waals surface area contributed by atoms with E-state index in [4.69, 9.17) is 33.2 Å². The molecule has 0 fully saturated rings. The van der Waals surface area contributed by atoms with Crippen molar-refractivity contribution in [2.45, 2.75) is 18.9 Å². The summed E-state index contributed by atoms with van der Waals surface area (Å²) in [6, 6.07) is 31.0. The van der Waals surface area contributed by atoms with Crippen molar-refractivity contribution >= 4 is 0 Å². The van der Waals surface area contributed by atoms with Crippen LogP contribution in [0.1, 0.15) is 30.0 Å². The van der Waals surface area contributed by atoms with Gasteiger partial charge in [0.1, 0.15) is 5.60 Å². The zero-order chi connectivity index (χ0) is 28.7. The van der Waals surface area contributed by atoms with Gasteiger partial charge in [0.05, 0.1) is 79.3 Å². The van der Waals surface area contributed by atoms with Gasteiger partial charge in [0.2, 0.25) is 0 Å². The first-order valence-corrected chi connectivity index (χ1v) is 14.6. The molecule has 0 saturated heterocycles. The number of ether oxygens (including phenoxy) is 7. The lowest BCUT2D eigenvalue weighted by atomic mass is 9.80. The smallest absolute Gasteiger partial charge is 0.143 e. The molecule has 7 heteroatoms.